The van der Waals surface area contributed by atoms with E-state index in [1.54, 1.807) is 24.4 Å². The van der Waals surface area contributed by atoms with Crippen molar-refractivity contribution in [2.45, 2.75) is 33.6 Å². The van der Waals surface area contributed by atoms with Crippen LogP contribution in [0.2, 0.25) is 0 Å². The Balaban J connectivity index is 1.37. The molecule has 4 rings (SSSR count). The van der Waals surface area contributed by atoms with Crippen LogP contribution in [0.1, 0.15) is 29.2 Å². The molecule has 0 aliphatic heterocycles. The second-order valence-corrected chi connectivity index (χ2v) is 7.62. The van der Waals surface area contributed by atoms with E-state index in [1.165, 1.54) is 5.56 Å². The number of carbonyl (C=O) groups is 1. The van der Waals surface area contributed by atoms with Crippen LogP contribution in [-0.4, -0.2) is 25.4 Å². The summed E-state index contributed by atoms with van der Waals surface area (Å²) in [6.45, 7) is 5.78. The molecule has 4 aromatic rings. The Morgan fingerprint density at radius 1 is 1.03 bits per heavy atom. The number of anilines is 1. The van der Waals surface area contributed by atoms with Gasteiger partial charge in [0, 0.05) is 30.6 Å². The summed E-state index contributed by atoms with van der Waals surface area (Å²) in [4.78, 5) is 25.3. The summed E-state index contributed by atoms with van der Waals surface area (Å²) in [5, 5.41) is 2.93. The van der Waals surface area contributed by atoms with Crippen molar-refractivity contribution in [3.8, 4) is 17.4 Å². The number of nitrogens with one attached hydrogen (secondary N) is 1. The lowest BCUT2D eigenvalue weighted by molar-refractivity contribution is -0.116. The Morgan fingerprint density at radius 3 is 2.56 bits per heavy atom. The minimum Gasteiger partial charge on any atom is -0.439 e. The number of aryl methyl sites for hydroxylation is 4. The van der Waals surface area contributed by atoms with Gasteiger partial charge in [-0.1, -0.05) is 29.8 Å². The highest BCUT2D eigenvalue weighted by Gasteiger charge is 2.09. The van der Waals surface area contributed by atoms with Crippen LogP contribution in [0.15, 0.2) is 67.0 Å². The average Bonchev–Trinajstić information content (AvgIpc) is 3.19. The Hall–Kier alpha value is -4.00. The van der Waals surface area contributed by atoms with Crippen LogP contribution in [0.5, 0.6) is 11.6 Å². The Morgan fingerprint density at radius 2 is 1.84 bits per heavy atom. The Kier molecular flexibility index (Phi) is 6.26. The second kappa shape index (κ2) is 9.43. The van der Waals surface area contributed by atoms with Gasteiger partial charge in [-0.3, -0.25) is 9.36 Å². The molecule has 7 heteroatoms. The quantitative estimate of drug-likeness (QED) is 0.451. The van der Waals surface area contributed by atoms with Crippen molar-refractivity contribution >= 4 is 11.6 Å². The first-order chi connectivity index (χ1) is 15.5. The van der Waals surface area contributed by atoms with E-state index < -0.39 is 0 Å². The average molecular weight is 428 g/mol. The standard InChI is InChI=1S/C25H25N5O2/c1-17-5-4-6-20(15-17)7-12-24(31)29-21-8-10-22(11-9-21)32-25-16-23(27-18(2)28-25)30-14-13-26-19(30)3/h4-6,8-11,13-16H,7,12H2,1-3H3,(H,29,31). The maximum atomic E-state index is 12.3. The molecule has 2 aromatic carbocycles. The van der Waals surface area contributed by atoms with Crippen LogP contribution in [0, 0.1) is 20.8 Å². The first kappa shape index (κ1) is 21.2. The minimum atomic E-state index is -0.0213. The smallest absolute Gasteiger partial charge is 0.224 e. The van der Waals surface area contributed by atoms with E-state index in [-0.39, 0.29) is 5.91 Å². The molecule has 0 bridgehead atoms. The summed E-state index contributed by atoms with van der Waals surface area (Å²) >= 11 is 0. The van der Waals surface area contributed by atoms with E-state index in [2.05, 4.69) is 39.3 Å². The highest BCUT2D eigenvalue weighted by atomic mass is 16.5. The topological polar surface area (TPSA) is 81.9 Å². The molecule has 0 spiro atoms. The van der Waals surface area contributed by atoms with E-state index in [0.717, 1.165) is 17.1 Å². The minimum absolute atomic E-state index is 0.0213. The van der Waals surface area contributed by atoms with Crippen LogP contribution < -0.4 is 10.1 Å². The molecule has 162 valence electrons. The second-order valence-electron chi connectivity index (χ2n) is 7.62. The van der Waals surface area contributed by atoms with Gasteiger partial charge in [0.25, 0.3) is 0 Å². The van der Waals surface area contributed by atoms with Crippen molar-refractivity contribution in [3.63, 3.8) is 0 Å². The number of carbonyl (C=O) groups excluding carboxylic acids is 1. The largest absolute Gasteiger partial charge is 0.439 e. The highest BCUT2D eigenvalue weighted by molar-refractivity contribution is 5.90. The summed E-state index contributed by atoms with van der Waals surface area (Å²) in [5.41, 5.74) is 3.08. The number of benzene rings is 2. The van der Waals surface area contributed by atoms with E-state index in [0.29, 0.717) is 36.1 Å². The summed E-state index contributed by atoms with van der Waals surface area (Å²) in [6, 6.07) is 17.2. The van der Waals surface area contributed by atoms with Crippen molar-refractivity contribution < 1.29 is 9.53 Å². The van der Waals surface area contributed by atoms with Crippen molar-refractivity contribution in [2.24, 2.45) is 0 Å². The first-order valence-electron chi connectivity index (χ1n) is 10.5. The molecule has 0 atom stereocenters. The van der Waals surface area contributed by atoms with Gasteiger partial charge < -0.3 is 10.1 Å². The normalized spacial score (nSPS) is 10.7. The predicted octanol–water partition coefficient (Wildman–Crippen LogP) is 4.95. The van der Waals surface area contributed by atoms with Gasteiger partial charge in [-0.05, 0) is 57.0 Å². The molecule has 0 aliphatic carbocycles. The fraction of sp³-hybridized carbons (Fsp3) is 0.200. The fourth-order valence-corrected chi connectivity index (χ4v) is 3.40. The molecule has 2 aromatic heterocycles. The van der Waals surface area contributed by atoms with E-state index in [4.69, 9.17) is 4.74 Å². The van der Waals surface area contributed by atoms with E-state index in [1.807, 2.05) is 48.9 Å². The molecular weight excluding hydrogens is 402 g/mol. The number of ether oxygens (including phenoxy) is 1. The zero-order chi connectivity index (χ0) is 22.5. The van der Waals surface area contributed by atoms with Gasteiger partial charge in [0.15, 0.2) is 0 Å². The molecule has 0 saturated heterocycles. The third-order valence-electron chi connectivity index (χ3n) is 4.96. The van der Waals surface area contributed by atoms with Crippen molar-refractivity contribution in [1.29, 1.82) is 0 Å². The number of nitrogens with zero attached hydrogens (tertiary/aromatic N) is 4. The predicted molar refractivity (Wildman–Crippen MR) is 123 cm³/mol. The van der Waals surface area contributed by atoms with Crippen molar-refractivity contribution in [2.75, 3.05) is 5.32 Å². The van der Waals surface area contributed by atoms with Gasteiger partial charge >= 0.3 is 0 Å². The van der Waals surface area contributed by atoms with Crippen LogP contribution in [0.25, 0.3) is 5.82 Å². The van der Waals surface area contributed by atoms with Gasteiger partial charge in [-0.25, -0.2) is 9.97 Å². The number of hydrogen-bond donors (Lipinski definition) is 1. The van der Waals surface area contributed by atoms with Crippen molar-refractivity contribution in [1.82, 2.24) is 19.5 Å². The third-order valence-corrected chi connectivity index (χ3v) is 4.96. The molecule has 1 N–H and O–H groups in total. The molecular formula is C25H25N5O2. The molecule has 0 radical (unpaired) electrons. The monoisotopic (exact) mass is 427 g/mol. The lowest BCUT2D eigenvalue weighted by Crippen LogP contribution is -2.12. The lowest BCUT2D eigenvalue weighted by atomic mass is 10.1. The van der Waals surface area contributed by atoms with Gasteiger partial charge in [0.05, 0.1) is 0 Å². The zero-order valence-electron chi connectivity index (χ0n) is 18.4. The number of rotatable bonds is 7. The van der Waals surface area contributed by atoms with Gasteiger partial charge in [-0.15, -0.1) is 0 Å². The fourth-order valence-electron chi connectivity index (χ4n) is 3.40. The highest BCUT2D eigenvalue weighted by Crippen LogP contribution is 2.23. The third kappa shape index (κ3) is 5.37. The molecule has 1 amide bonds. The molecule has 32 heavy (non-hydrogen) atoms. The summed E-state index contributed by atoms with van der Waals surface area (Å²) in [5.74, 6) is 3.16. The Labute approximate surface area is 187 Å². The molecule has 0 fully saturated rings. The Bertz CT molecular complexity index is 1230. The number of aromatic nitrogens is 4. The van der Waals surface area contributed by atoms with Crippen LogP contribution in [-0.2, 0) is 11.2 Å². The van der Waals surface area contributed by atoms with Gasteiger partial charge in [0.2, 0.25) is 11.8 Å². The summed E-state index contributed by atoms with van der Waals surface area (Å²) < 4.78 is 7.79. The maximum Gasteiger partial charge on any atom is 0.224 e. The summed E-state index contributed by atoms with van der Waals surface area (Å²) in [7, 11) is 0. The SMILES string of the molecule is Cc1cccc(CCC(=O)Nc2ccc(Oc3cc(-n4ccnc4C)nc(C)n3)cc2)c1. The first-order valence-corrected chi connectivity index (χ1v) is 10.5. The molecule has 2 heterocycles. The summed E-state index contributed by atoms with van der Waals surface area (Å²) in [6.07, 6.45) is 4.71. The van der Waals surface area contributed by atoms with Crippen LogP contribution in [0.3, 0.4) is 0 Å². The molecule has 7 nitrogen and oxygen atoms in total. The molecule has 0 aliphatic rings. The van der Waals surface area contributed by atoms with Crippen LogP contribution >= 0.6 is 0 Å². The molecule has 0 saturated carbocycles. The van der Waals surface area contributed by atoms with E-state index >= 15 is 0 Å². The number of imidazole rings is 1. The van der Waals surface area contributed by atoms with Crippen molar-refractivity contribution in [3.05, 3.63) is 89.8 Å². The number of amides is 1. The molecule has 0 unspecified atom stereocenters. The number of hydrogen-bond acceptors (Lipinski definition) is 5. The van der Waals surface area contributed by atoms with Gasteiger partial charge in [-0.2, -0.15) is 4.98 Å². The van der Waals surface area contributed by atoms with E-state index in [9.17, 15) is 4.79 Å². The maximum absolute atomic E-state index is 12.3. The van der Waals surface area contributed by atoms with Gasteiger partial charge in [0.1, 0.15) is 23.2 Å². The lowest BCUT2D eigenvalue weighted by Gasteiger charge is -2.10. The zero-order valence-corrected chi connectivity index (χ0v) is 18.4. The van der Waals surface area contributed by atoms with Crippen LogP contribution in [0.4, 0.5) is 5.69 Å².